The number of nitrogens with zero attached hydrogens (tertiary/aromatic N) is 2. The molecule has 0 radical (unpaired) electrons. The van der Waals surface area contributed by atoms with E-state index in [0.717, 1.165) is 0 Å². The fraction of sp³-hybridized carbons (Fsp3) is 0.789. The van der Waals surface area contributed by atoms with Crippen molar-refractivity contribution in [1.29, 1.82) is 0 Å². The third-order valence-corrected chi connectivity index (χ3v) is 6.37. The van der Waals surface area contributed by atoms with Gasteiger partial charge >= 0.3 is 0 Å². The molecule has 2 fully saturated rings. The molecule has 2 amide bonds. The van der Waals surface area contributed by atoms with E-state index in [1.165, 1.54) is 0 Å². The Morgan fingerprint density at radius 1 is 0.703 bits per heavy atom. The molecule has 2 saturated heterocycles. The maximum atomic E-state index is 12.6. The van der Waals surface area contributed by atoms with Gasteiger partial charge in [0.2, 0.25) is 11.8 Å². The molecule has 37 heavy (non-hydrogen) atoms. The number of carbonyl (C=O) groups is 2. The summed E-state index contributed by atoms with van der Waals surface area (Å²) in [6, 6.07) is -1.76. The number of alkyl halides is 2. The number of aliphatic imine (C=N–C) groups is 2. The molecule has 0 aromatic heterocycles. The highest BCUT2D eigenvalue weighted by Gasteiger charge is 2.37. The van der Waals surface area contributed by atoms with Gasteiger partial charge in [-0.2, -0.15) is 0 Å². The van der Waals surface area contributed by atoms with Crippen LogP contribution in [-0.2, 0) is 9.59 Å². The molecule has 18 N–H and O–H groups in total. The molecule has 0 aliphatic carbocycles. The summed E-state index contributed by atoms with van der Waals surface area (Å²) in [5, 5.41) is 16.3. The van der Waals surface area contributed by atoms with Gasteiger partial charge in [0.15, 0.2) is 11.9 Å². The van der Waals surface area contributed by atoms with Crippen molar-refractivity contribution in [3.8, 4) is 0 Å². The number of halogens is 2. The lowest BCUT2D eigenvalue weighted by molar-refractivity contribution is -0.124. The second kappa shape index (κ2) is 12.3. The first-order chi connectivity index (χ1) is 16.9. The van der Waals surface area contributed by atoms with Crippen molar-refractivity contribution in [2.24, 2.45) is 44.4 Å². The highest BCUT2D eigenvalue weighted by atomic mass is 35.5. The van der Waals surface area contributed by atoms with E-state index < -0.39 is 70.6 Å². The van der Waals surface area contributed by atoms with Gasteiger partial charge in [0.05, 0.1) is 35.7 Å². The van der Waals surface area contributed by atoms with Crippen LogP contribution < -0.4 is 66.3 Å². The summed E-state index contributed by atoms with van der Waals surface area (Å²) in [4.78, 5) is 34.1. The van der Waals surface area contributed by atoms with Crippen molar-refractivity contribution < 1.29 is 9.59 Å². The van der Waals surface area contributed by atoms with Crippen molar-refractivity contribution in [2.75, 3.05) is 0 Å². The van der Waals surface area contributed by atoms with E-state index in [-0.39, 0.29) is 11.9 Å². The van der Waals surface area contributed by atoms with Crippen LogP contribution in [0, 0.1) is 0 Å². The largest absolute Gasteiger partial charge is 0.370 e. The number of nitrogens with one attached hydrogen (secondary N) is 6. The summed E-state index contributed by atoms with van der Waals surface area (Å²) in [5.41, 5.74) is 32.4. The van der Waals surface area contributed by atoms with Crippen molar-refractivity contribution >= 4 is 46.9 Å². The molecule has 2 rings (SSSR count). The highest BCUT2D eigenvalue weighted by molar-refractivity contribution is 6.21. The summed E-state index contributed by atoms with van der Waals surface area (Å²) in [6.07, 6.45) is -2.45. The third-order valence-electron chi connectivity index (χ3n) is 5.58. The number of guanidine groups is 2. The summed E-state index contributed by atoms with van der Waals surface area (Å²) < 4.78 is 0. The van der Waals surface area contributed by atoms with Gasteiger partial charge in [-0.05, 0) is 34.1 Å². The fourth-order valence-electron chi connectivity index (χ4n) is 4.29. The number of carbonyl (C=O) groups excluding carboxylic acids is 2. The van der Waals surface area contributed by atoms with Crippen LogP contribution >= 0.6 is 23.2 Å². The van der Waals surface area contributed by atoms with Crippen LogP contribution in [0.25, 0.3) is 0 Å². The second-order valence-corrected chi connectivity index (χ2v) is 11.2. The standard InChI is InChI=1S/C19H40Cl2N14O2/c1-18(2,34-16(26)32-14(36)6-10(22)30-12(24)8(20)28-6)5-19(3,4)35-17(27)33-15(37)7-11(23)31-13(25)9(21)29-7/h6-13,28-31H,5,22-25H2,1-4H3,(H3,26,32,34,36)(H3,27,33,35,37). The SMILES string of the molecule is CC(C)(CC(C)(C)N=C(N)NC(=O)C1NC(Cl)C(N)NC1N)N=C(N)NC(=O)C1NC(Cl)C(N)NC1N. The maximum Gasteiger partial charge on any atom is 0.246 e. The minimum atomic E-state index is -0.879. The minimum absolute atomic E-state index is 0.121. The highest BCUT2D eigenvalue weighted by Crippen LogP contribution is 2.26. The molecule has 0 bridgehead atoms. The Labute approximate surface area is 225 Å². The lowest BCUT2D eigenvalue weighted by Gasteiger charge is -2.37. The smallest absolute Gasteiger partial charge is 0.246 e. The minimum Gasteiger partial charge on any atom is -0.370 e. The molecular formula is C19H40Cl2N14O2. The van der Waals surface area contributed by atoms with Gasteiger partial charge in [-0.15, -0.1) is 23.2 Å². The van der Waals surface area contributed by atoms with Gasteiger partial charge in [-0.3, -0.25) is 41.5 Å². The maximum absolute atomic E-state index is 12.6. The molecule has 8 atom stereocenters. The normalized spacial score (nSPS) is 34.1. The van der Waals surface area contributed by atoms with Crippen LogP contribution in [0.5, 0.6) is 0 Å². The third kappa shape index (κ3) is 9.13. The van der Waals surface area contributed by atoms with Crippen molar-refractivity contribution in [1.82, 2.24) is 31.9 Å². The van der Waals surface area contributed by atoms with Crippen LogP contribution in [0.3, 0.4) is 0 Å². The first-order valence-electron chi connectivity index (χ1n) is 11.6. The van der Waals surface area contributed by atoms with E-state index in [1.807, 2.05) is 0 Å². The molecule has 2 aliphatic heterocycles. The Balaban J connectivity index is 1.99. The zero-order valence-corrected chi connectivity index (χ0v) is 22.8. The number of amides is 2. The molecule has 18 heteroatoms. The Morgan fingerprint density at radius 3 is 1.35 bits per heavy atom. The van der Waals surface area contributed by atoms with E-state index >= 15 is 0 Å². The molecular weight excluding hydrogens is 527 g/mol. The number of nitrogens with two attached hydrogens (primary N) is 6. The molecule has 2 aliphatic rings. The second-order valence-electron chi connectivity index (χ2n) is 10.3. The lowest BCUT2D eigenvalue weighted by atomic mass is 9.88. The summed E-state index contributed by atoms with van der Waals surface area (Å²) in [7, 11) is 0. The van der Waals surface area contributed by atoms with Crippen LogP contribution in [0.4, 0.5) is 0 Å². The summed E-state index contributed by atoms with van der Waals surface area (Å²) in [6.45, 7) is 7.22. The molecule has 0 aromatic carbocycles. The monoisotopic (exact) mass is 566 g/mol. The van der Waals surface area contributed by atoms with Crippen molar-refractivity contribution in [3.05, 3.63) is 0 Å². The van der Waals surface area contributed by atoms with Gasteiger partial charge < -0.3 is 34.4 Å². The van der Waals surface area contributed by atoms with Gasteiger partial charge in [0.1, 0.15) is 23.1 Å². The number of hydrogen-bond acceptors (Lipinski definition) is 12. The van der Waals surface area contributed by atoms with Gasteiger partial charge in [0, 0.05) is 0 Å². The van der Waals surface area contributed by atoms with E-state index in [0.29, 0.717) is 6.42 Å². The average molecular weight is 568 g/mol. The van der Waals surface area contributed by atoms with Gasteiger partial charge in [-0.25, -0.2) is 9.98 Å². The number of rotatable bonds is 6. The van der Waals surface area contributed by atoms with Gasteiger partial charge in [0.25, 0.3) is 0 Å². The van der Waals surface area contributed by atoms with E-state index in [9.17, 15) is 9.59 Å². The van der Waals surface area contributed by atoms with Gasteiger partial charge in [-0.1, -0.05) is 0 Å². The average Bonchev–Trinajstić information content (AvgIpc) is 2.70. The van der Waals surface area contributed by atoms with Crippen molar-refractivity contribution in [3.63, 3.8) is 0 Å². The zero-order valence-electron chi connectivity index (χ0n) is 21.3. The Morgan fingerprint density at radius 2 is 1.03 bits per heavy atom. The van der Waals surface area contributed by atoms with Crippen LogP contribution in [0.2, 0.25) is 0 Å². The predicted octanol–water partition coefficient (Wildman–Crippen LogP) is -4.81. The Hall–Kier alpha value is -1.86. The van der Waals surface area contributed by atoms with Crippen LogP contribution in [-0.4, -0.2) is 82.6 Å². The molecule has 2 heterocycles. The summed E-state index contributed by atoms with van der Waals surface area (Å²) >= 11 is 12.1. The first-order valence-corrected chi connectivity index (χ1v) is 12.4. The first kappa shape index (κ1) is 31.4. The van der Waals surface area contributed by atoms with Crippen LogP contribution in [0.1, 0.15) is 34.1 Å². The fourth-order valence-corrected chi connectivity index (χ4v) is 4.71. The number of piperazine rings is 2. The van der Waals surface area contributed by atoms with Crippen molar-refractivity contribution in [2.45, 2.75) is 92.9 Å². The van der Waals surface area contributed by atoms with E-state index in [1.54, 1.807) is 27.7 Å². The van der Waals surface area contributed by atoms with Crippen LogP contribution in [0.15, 0.2) is 9.98 Å². The lowest BCUT2D eigenvalue weighted by Crippen LogP contribution is -2.73. The predicted molar refractivity (Wildman–Crippen MR) is 144 cm³/mol. The van der Waals surface area contributed by atoms with E-state index in [4.69, 9.17) is 57.6 Å². The molecule has 8 unspecified atom stereocenters. The molecule has 16 nitrogen and oxygen atoms in total. The topological polar surface area (TPSA) is 287 Å². The quantitative estimate of drug-likeness (QED) is 0.0623. The Bertz CT molecular complexity index is 830. The number of hydrogen-bond donors (Lipinski definition) is 12. The Kier molecular flexibility index (Phi) is 10.5. The van der Waals surface area contributed by atoms with E-state index in [2.05, 4.69) is 41.9 Å². The zero-order chi connectivity index (χ0) is 28.3. The summed E-state index contributed by atoms with van der Waals surface area (Å²) in [5.74, 6) is -1.29. The molecule has 0 aromatic rings. The molecule has 0 saturated carbocycles. The molecule has 0 spiro atoms. The molecule has 212 valence electrons.